The zero-order chi connectivity index (χ0) is 13.2. The van der Waals surface area contributed by atoms with E-state index in [9.17, 15) is 4.79 Å². The summed E-state index contributed by atoms with van der Waals surface area (Å²) in [5, 5.41) is 0. The van der Waals surface area contributed by atoms with Crippen LogP contribution < -0.4 is 0 Å². The van der Waals surface area contributed by atoms with Gasteiger partial charge in [0.2, 0.25) is 0 Å². The summed E-state index contributed by atoms with van der Waals surface area (Å²) in [6, 6.07) is 1.33. The Kier molecular flexibility index (Phi) is 4.80. The Balaban J connectivity index is 2.54. The Bertz CT molecular complexity index is 265. The van der Waals surface area contributed by atoms with Crippen LogP contribution in [0.2, 0.25) is 0 Å². The number of likely N-dealkylation sites (tertiary alicyclic amines) is 1. The van der Waals surface area contributed by atoms with Crippen LogP contribution in [0, 0.1) is 0 Å². The number of carbonyl (C=O) groups excluding carboxylic acids is 1. The molecule has 0 bridgehead atoms. The van der Waals surface area contributed by atoms with Gasteiger partial charge < -0.3 is 9.80 Å². The van der Waals surface area contributed by atoms with Crippen molar-refractivity contribution in [1.82, 2.24) is 14.7 Å². The Hall–Kier alpha value is -0.770. The van der Waals surface area contributed by atoms with Crippen LogP contribution in [0.4, 0.5) is 4.79 Å². The van der Waals surface area contributed by atoms with Crippen LogP contribution in [-0.4, -0.2) is 66.0 Å². The molecule has 0 saturated carbocycles. The van der Waals surface area contributed by atoms with Gasteiger partial charge in [-0.25, -0.2) is 4.79 Å². The summed E-state index contributed by atoms with van der Waals surface area (Å²) in [4.78, 5) is 18.3. The molecule has 1 atom stereocenters. The molecule has 0 radical (unpaired) electrons. The lowest BCUT2D eigenvalue weighted by Gasteiger charge is -2.32. The minimum absolute atomic E-state index is 0.135. The molecule has 0 spiro atoms. The second kappa shape index (κ2) is 5.71. The molecule has 100 valence electrons. The Morgan fingerprint density at radius 2 is 1.82 bits per heavy atom. The highest BCUT2D eigenvalue weighted by atomic mass is 16.2. The van der Waals surface area contributed by atoms with Crippen molar-refractivity contribution in [3.8, 4) is 0 Å². The number of carbonyl (C=O) groups is 1. The summed E-state index contributed by atoms with van der Waals surface area (Å²) in [7, 11) is 3.80. The van der Waals surface area contributed by atoms with Crippen LogP contribution in [0.5, 0.6) is 0 Å². The van der Waals surface area contributed by atoms with E-state index in [1.165, 1.54) is 0 Å². The molecule has 1 rings (SSSR count). The molecule has 0 N–H and O–H groups in total. The summed E-state index contributed by atoms with van der Waals surface area (Å²) in [6.45, 7) is 10.6. The quantitative estimate of drug-likeness (QED) is 0.754. The molecule has 17 heavy (non-hydrogen) atoms. The van der Waals surface area contributed by atoms with Crippen molar-refractivity contribution in [1.29, 1.82) is 0 Å². The van der Waals surface area contributed by atoms with Crippen LogP contribution in [0.3, 0.4) is 0 Å². The highest BCUT2D eigenvalue weighted by Crippen LogP contribution is 2.18. The van der Waals surface area contributed by atoms with Gasteiger partial charge in [0, 0.05) is 45.3 Å². The van der Waals surface area contributed by atoms with Gasteiger partial charge in [0.25, 0.3) is 0 Å². The zero-order valence-corrected chi connectivity index (χ0v) is 12.1. The molecule has 1 saturated heterocycles. The van der Waals surface area contributed by atoms with Gasteiger partial charge in [0.05, 0.1) is 0 Å². The molecule has 1 fully saturated rings. The minimum atomic E-state index is 0.135. The highest BCUT2D eigenvalue weighted by Gasteiger charge is 2.30. The third-order valence-corrected chi connectivity index (χ3v) is 3.85. The molecular weight excluding hydrogens is 214 g/mol. The topological polar surface area (TPSA) is 26.8 Å². The number of rotatable bonds is 3. The van der Waals surface area contributed by atoms with Crippen LogP contribution >= 0.6 is 0 Å². The second-order valence-electron chi connectivity index (χ2n) is 5.63. The Morgan fingerprint density at radius 1 is 1.24 bits per heavy atom. The minimum Gasteiger partial charge on any atom is -0.325 e. The fourth-order valence-electron chi connectivity index (χ4n) is 2.18. The molecule has 1 unspecified atom stereocenters. The van der Waals surface area contributed by atoms with Crippen LogP contribution in [0.25, 0.3) is 0 Å². The first-order chi connectivity index (χ1) is 7.84. The van der Waals surface area contributed by atoms with E-state index in [1.54, 1.807) is 4.90 Å². The molecule has 0 aromatic carbocycles. The summed E-state index contributed by atoms with van der Waals surface area (Å²) in [5.41, 5.74) is 0. The maximum absolute atomic E-state index is 12.2. The second-order valence-corrected chi connectivity index (χ2v) is 5.63. The largest absolute Gasteiger partial charge is 0.325 e. The van der Waals surface area contributed by atoms with E-state index in [1.807, 2.05) is 32.8 Å². The standard InChI is InChI=1S/C13H27N3O/c1-10(2)14(5)13(17)15(6)12-7-8-16(9-12)11(3)4/h10-12H,7-9H2,1-6H3. The number of hydrogen-bond acceptors (Lipinski definition) is 2. The van der Waals surface area contributed by atoms with Crippen LogP contribution in [-0.2, 0) is 0 Å². The lowest BCUT2D eigenvalue weighted by Crippen LogP contribution is -2.47. The van der Waals surface area contributed by atoms with Crippen molar-refractivity contribution < 1.29 is 4.79 Å². The SMILES string of the molecule is CC(C)N1CCC(N(C)C(=O)N(C)C(C)C)C1. The highest BCUT2D eigenvalue weighted by molar-refractivity contribution is 5.74. The predicted molar refractivity (Wildman–Crippen MR) is 71.2 cm³/mol. The van der Waals surface area contributed by atoms with E-state index in [2.05, 4.69) is 18.7 Å². The average molecular weight is 241 g/mol. The van der Waals surface area contributed by atoms with Crippen molar-refractivity contribution in [2.45, 2.75) is 52.2 Å². The molecule has 1 heterocycles. The number of nitrogens with zero attached hydrogens (tertiary/aromatic N) is 3. The molecule has 4 heteroatoms. The monoisotopic (exact) mass is 241 g/mol. The van der Waals surface area contributed by atoms with Crippen molar-refractivity contribution >= 4 is 6.03 Å². The Morgan fingerprint density at radius 3 is 2.24 bits per heavy atom. The van der Waals surface area contributed by atoms with Crippen LogP contribution in [0.15, 0.2) is 0 Å². The van der Waals surface area contributed by atoms with Gasteiger partial charge in [-0.2, -0.15) is 0 Å². The normalized spacial score (nSPS) is 21.3. The van der Waals surface area contributed by atoms with Crippen molar-refractivity contribution in [3.05, 3.63) is 0 Å². The van der Waals surface area contributed by atoms with Gasteiger partial charge in [-0.15, -0.1) is 0 Å². The predicted octanol–water partition coefficient (Wildman–Crippen LogP) is 1.86. The van der Waals surface area contributed by atoms with E-state index in [0.29, 0.717) is 12.1 Å². The van der Waals surface area contributed by atoms with E-state index in [4.69, 9.17) is 0 Å². The van der Waals surface area contributed by atoms with Crippen LogP contribution in [0.1, 0.15) is 34.1 Å². The smallest absolute Gasteiger partial charge is 0.320 e. The van der Waals surface area contributed by atoms with Gasteiger partial charge in [-0.3, -0.25) is 4.90 Å². The number of likely N-dealkylation sites (N-methyl/N-ethyl adjacent to an activating group) is 1. The molecular formula is C13H27N3O. The zero-order valence-electron chi connectivity index (χ0n) is 12.1. The van der Waals surface area contributed by atoms with Crippen molar-refractivity contribution in [2.24, 2.45) is 0 Å². The summed E-state index contributed by atoms with van der Waals surface area (Å²) in [6.07, 6.45) is 1.09. The van der Waals surface area contributed by atoms with Crippen molar-refractivity contribution in [2.75, 3.05) is 27.2 Å². The average Bonchev–Trinajstić information content (AvgIpc) is 2.75. The first-order valence-electron chi connectivity index (χ1n) is 6.58. The van der Waals surface area contributed by atoms with Gasteiger partial charge >= 0.3 is 6.03 Å². The number of amides is 2. The molecule has 2 amide bonds. The molecule has 4 nitrogen and oxygen atoms in total. The molecule has 0 aromatic rings. The maximum Gasteiger partial charge on any atom is 0.320 e. The molecule has 0 aliphatic carbocycles. The molecule has 0 aromatic heterocycles. The van der Waals surface area contributed by atoms with Gasteiger partial charge in [0.15, 0.2) is 0 Å². The number of hydrogen-bond donors (Lipinski definition) is 0. The number of urea groups is 1. The molecule has 1 aliphatic rings. The first kappa shape index (κ1) is 14.3. The van der Waals surface area contributed by atoms with E-state index in [0.717, 1.165) is 19.5 Å². The maximum atomic E-state index is 12.2. The third kappa shape index (κ3) is 3.35. The van der Waals surface area contributed by atoms with Gasteiger partial charge in [-0.05, 0) is 34.1 Å². The van der Waals surface area contributed by atoms with Gasteiger partial charge in [0.1, 0.15) is 0 Å². The fourth-order valence-corrected chi connectivity index (χ4v) is 2.18. The fraction of sp³-hybridized carbons (Fsp3) is 0.923. The lowest BCUT2D eigenvalue weighted by atomic mass is 10.2. The lowest BCUT2D eigenvalue weighted by molar-refractivity contribution is 0.144. The van der Waals surface area contributed by atoms with Crippen molar-refractivity contribution in [3.63, 3.8) is 0 Å². The van der Waals surface area contributed by atoms with E-state index in [-0.39, 0.29) is 12.1 Å². The van der Waals surface area contributed by atoms with Gasteiger partial charge in [-0.1, -0.05) is 0 Å². The summed E-state index contributed by atoms with van der Waals surface area (Å²) < 4.78 is 0. The van der Waals surface area contributed by atoms with E-state index < -0.39 is 0 Å². The summed E-state index contributed by atoms with van der Waals surface area (Å²) in [5.74, 6) is 0. The molecule has 1 aliphatic heterocycles. The van der Waals surface area contributed by atoms with E-state index >= 15 is 0 Å². The Labute approximate surface area is 106 Å². The third-order valence-electron chi connectivity index (χ3n) is 3.85. The first-order valence-corrected chi connectivity index (χ1v) is 6.58. The summed E-state index contributed by atoms with van der Waals surface area (Å²) >= 11 is 0.